The lowest BCUT2D eigenvalue weighted by molar-refractivity contribution is 0.0980. The van der Waals surface area contributed by atoms with Crippen LogP contribution in [0.4, 0.5) is 11.4 Å². The standard InChI is InChI=1S/C14H15N3O3/c1-19-8-11-7-12(16-20-11)14(18)17-5-4-9-6-10(15)2-3-13(9)17/h2-3,6-7H,4-5,8,15H2,1H3. The van der Waals surface area contributed by atoms with E-state index in [4.69, 9.17) is 15.0 Å². The molecule has 0 aliphatic carbocycles. The molecule has 0 fully saturated rings. The molecular weight excluding hydrogens is 258 g/mol. The molecule has 0 radical (unpaired) electrons. The molecule has 0 saturated heterocycles. The van der Waals surface area contributed by atoms with Crippen molar-refractivity contribution in [2.24, 2.45) is 0 Å². The van der Waals surface area contributed by atoms with Gasteiger partial charge in [0.05, 0.1) is 0 Å². The first kappa shape index (κ1) is 12.7. The van der Waals surface area contributed by atoms with E-state index in [0.717, 1.165) is 17.7 Å². The van der Waals surface area contributed by atoms with Crippen LogP contribution in [0.5, 0.6) is 0 Å². The number of anilines is 2. The van der Waals surface area contributed by atoms with E-state index in [1.165, 1.54) is 0 Å². The van der Waals surface area contributed by atoms with Crippen molar-refractivity contribution in [3.05, 3.63) is 41.3 Å². The molecule has 2 N–H and O–H groups in total. The summed E-state index contributed by atoms with van der Waals surface area (Å²) in [7, 11) is 1.56. The van der Waals surface area contributed by atoms with Gasteiger partial charge in [0.1, 0.15) is 6.61 Å². The van der Waals surface area contributed by atoms with Crippen molar-refractivity contribution in [1.29, 1.82) is 0 Å². The fourth-order valence-corrected chi connectivity index (χ4v) is 2.39. The highest BCUT2D eigenvalue weighted by molar-refractivity contribution is 6.06. The quantitative estimate of drug-likeness (QED) is 0.859. The van der Waals surface area contributed by atoms with E-state index in [-0.39, 0.29) is 5.91 Å². The van der Waals surface area contributed by atoms with Crippen molar-refractivity contribution in [2.75, 3.05) is 24.3 Å². The van der Waals surface area contributed by atoms with Crippen LogP contribution < -0.4 is 10.6 Å². The lowest BCUT2D eigenvalue weighted by atomic mass is 10.1. The Kier molecular flexibility index (Phi) is 3.15. The first-order valence-electron chi connectivity index (χ1n) is 6.34. The van der Waals surface area contributed by atoms with Crippen LogP contribution in [0.25, 0.3) is 0 Å². The van der Waals surface area contributed by atoms with Gasteiger partial charge in [-0.2, -0.15) is 0 Å². The molecular formula is C14H15N3O3. The molecule has 1 amide bonds. The summed E-state index contributed by atoms with van der Waals surface area (Å²) in [6.45, 7) is 0.928. The summed E-state index contributed by atoms with van der Waals surface area (Å²) < 4.78 is 9.99. The number of benzene rings is 1. The van der Waals surface area contributed by atoms with Crippen LogP contribution in [0.3, 0.4) is 0 Å². The zero-order chi connectivity index (χ0) is 14.1. The minimum absolute atomic E-state index is 0.167. The van der Waals surface area contributed by atoms with E-state index >= 15 is 0 Å². The number of nitrogens with two attached hydrogens (primary N) is 1. The van der Waals surface area contributed by atoms with E-state index in [0.29, 0.717) is 30.3 Å². The molecule has 1 aliphatic rings. The molecule has 1 aromatic heterocycles. The van der Waals surface area contributed by atoms with Crippen LogP contribution in [0.15, 0.2) is 28.8 Å². The number of rotatable bonds is 3. The lowest BCUT2D eigenvalue weighted by Gasteiger charge is -2.15. The van der Waals surface area contributed by atoms with Gasteiger partial charge in [-0.05, 0) is 30.2 Å². The molecule has 0 saturated carbocycles. The number of ether oxygens (including phenoxy) is 1. The third kappa shape index (κ3) is 2.14. The maximum absolute atomic E-state index is 12.4. The summed E-state index contributed by atoms with van der Waals surface area (Å²) in [6, 6.07) is 7.18. The fourth-order valence-electron chi connectivity index (χ4n) is 2.39. The van der Waals surface area contributed by atoms with E-state index in [9.17, 15) is 4.79 Å². The van der Waals surface area contributed by atoms with Gasteiger partial charge in [0.25, 0.3) is 5.91 Å². The molecule has 2 aromatic rings. The van der Waals surface area contributed by atoms with Crippen molar-refractivity contribution in [3.63, 3.8) is 0 Å². The summed E-state index contributed by atoms with van der Waals surface area (Å²) in [4.78, 5) is 14.1. The van der Waals surface area contributed by atoms with Gasteiger partial charge in [-0.25, -0.2) is 0 Å². The van der Waals surface area contributed by atoms with Crippen molar-refractivity contribution in [3.8, 4) is 0 Å². The molecule has 0 unspecified atom stereocenters. The molecule has 104 valence electrons. The minimum Gasteiger partial charge on any atom is -0.399 e. The highest BCUT2D eigenvalue weighted by atomic mass is 16.5. The average molecular weight is 273 g/mol. The lowest BCUT2D eigenvalue weighted by Crippen LogP contribution is -2.29. The highest BCUT2D eigenvalue weighted by Gasteiger charge is 2.27. The monoisotopic (exact) mass is 273 g/mol. The number of hydrogen-bond acceptors (Lipinski definition) is 5. The Hall–Kier alpha value is -2.34. The number of nitrogens with zero attached hydrogens (tertiary/aromatic N) is 2. The van der Waals surface area contributed by atoms with E-state index in [2.05, 4.69) is 5.16 Å². The largest absolute Gasteiger partial charge is 0.399 e. The van der Waals surface area contributed by atoms with Gasteiger partial charge in [-0.1, -0.05) is 5.16 Å². The highest BCUT2D eigenvalue weighted by Crippen LogP contribution is 2.30. The number of nitrogen functional groups attached to an aromatic ring is 1. The third-order valence-electron chi connectivity index (χ3n) is 3.31. The molecule has 2 heterocycles. The minimum atomic E-state index is -0.167. The third-order valence-corrected chi connectivity index (χ3v) is 3.31. The second-order valence-corrected chi connectivity index (χ2v) is 4.71. The summed E-state index contributed by atoms with van der Waals surface area (Å²) >= 11 is 0. The Morgan fingerprint density at radius 2 is 2.35 bits per heavy atom. The Morgan fingerprint density at radius 1 is 1.50 bits per heavy atom. The van der Waals surface area contributed by atoms with Crippen LogP contribution in [0.1, 0.15) is 21.8 Å². The Morgan fingerprint density at radius 3 is 3.15 bits per heavy atom. The number of amides is 1. The first-order valence-corrected chi connectivity index (χ1v) is 6.34. The second-order valence-electron chi connectivity index (χ2n) is 4.71. The molecule has 20 heavy (non-hydrogen) atoms. The van der Waals surface area contributed by atoms with E-state index in [1.54, 1.807) is 24.1 Å². The fraction of sp³-hybridized carbons (Fsp3) is 0.286. The molecule has 6 nitrogen and oxygen atoms in total. The molecule has 0 atom stereocenters. The van der Waals surface area contributed by atoms with Gasteiger partial charge in [-0.15, -0.1) is 0 Å². The number of carbonyl (C=O) groups excluding carboxylic acids is 1. The summed E-state index contributed by atoms with van der Waals surface area (Å²) in [5.41, 5.74) is 8.73. The normalized spacial score (nSPS) is 13.6. The maximum Gasteiger partial charge on any atom is 0.280 e. The second kappa shape index (κ2) is 4.97. The van der Waals surface area contributed by atoms with Gasteiger partial charge in [0.15, 0.2) is 11.5 Å². The smallest absolute Gasteiger partial charge is 0.280 e. The Bertz CT molecular complexity index is 651. The van der Waals surface area contributed by atoms with Crippen LogP contribution in [0.2, 0.25) is 0 Å². The zero-order valence-electron chi connectivity index (χ0n) is 11.1. The number of methoxy groups -OCH3 is 1. The van der Waals surface area contributed by atoms with E-state index < -0.39 is 0 Å². The Labute approximate surface area is 116 Å². The zero-order valence-corrected chi connectivity index (χ0v) is 11.1. The van der Waals surface area contributed by atoms with Crippen LogP contribution >= 0.6 is 0 Å². The maximum atomic E-state index is 12.4. The molecule has 3 rings (SSSR count). The number of aromatic nitrogens is 1. The molecule has 0 bridgehead atoms. The topological polar surface area (TPSA) is 81.6 Å². The number of hydrogen-bond donors (Lipinski definition) is 1. The van der Waals surface area contributed by atoms with Gasteiger partial charge < -0.3 is 19.9 Å². The van der Waals surface area contributed by atoms with Gasteiger partial charge in [0.2, 0.25) is 0 Å². The van der Waals surface area contributed by atoms with Crippen molar-refractivity contribution >= 4 is 17.3 Å². The molecule has 1 aliphatic heterocycles. The van der Waals surface area contributed by atoms with Gasteiger partial charge in [-0.3, -0.25) is 4.79 Å². The Balaban J connectivity index is 1.85. The first-order chi connectivity index (χ1) is 9.69. The van der Waals surface area contributed by atoms with Crippen molar-refractivity contribution < 1.29 is 14.1 Å². The van der Waals surface area contributed by atoms with Crippen LogP contribution in [-0.4, -0.2) is 24.7 Å². The summed E-state index contributed by atoms with van der Waals surface area (Å²) in [6.07, 6.45) is 0.800. The summed E-state index contributed by atoms with van der Waals surface area (Å²) in [5, 5.41) is 3.80. The van der Waals surface area contributed by atoms with E-state index in [1.807, 2.05) is 12.1 Å². The van der Waals surface area contributed by atoms with Gasteiger partial charge >= 0.3 is 0 Å². The van der Waals surface area contributed by atoms with Crippen molar-refractivity contribution in [2.45, 2.75) is 13.0 Å². The predicted octanol–water partition coefficient (Wildman–Crippen LogP) is 1.61. The molecule has 1 aromatic carbocycles. The van der Waals surface area contributed by atoms with Gasteiger partial charge in [0, 0.05) is 31.1 Å². The average Bonchev–Trinajstić information content (AvgIpc) is 3.04. The molecule has 6 heteroatoms. The van der Waals surface area contributed by atoms with Crippen LogP contribution in [0, 0.1) is 0 Å². The summed E-state index contributed by atoms with van der Waals surface area (Å²) in [5.74, 6) is 0.368. The molecule has 0 spiro atoms. The predicted molar refractivity (Wildman–Crippen MR) is 73.5 cm³/mol. The van der Waals surface area contributed by atoms with Crippen LogP contribution in [-0.2, 0) is 17.8 Å². The SMILES string of the molecule is COCc1cc(C(=O)N2CCc3cc(N)ccc32)no1. The number of carbonyl (C=O) groups is 1. The van der Waals surface area contributed by atoms with Crippen molar-refractivity contribution in [1.82, 2.24) is 5.16 Å². The number of fused-ring (bicyclic) bond motifs is 1.